The Balaban J connectivity index is 2.30. The molecule has 0 radical (unpaired) electrons. The summed E-state index contributed by atoms with van der Waals surface area (Å²) in [4.78, 5) is 12.0. The Bertz CT molecular complexity index is 410. The molecule has 1 N–H and O–H groups in total. The molecule has 3 heteroatoms. The number of benzene rings is 1. The van der Waals surface area contributed by atoms with Crippen molar-refractivity contribution < 1.29 is 9.53 Å². The third kappa shape index (κ3) is 7.86. The zero-order valence-corrected chi connectivity index (χ0v) is 13.8. The molecule has 3 nitrogen and oxygen atoms in total. The largest absolute Gasteiger partial charge is 0.374 e. The second kappa shape index (κ2) is 9.56. The van der Waals surface area contributed by atoms with E-state index in [1.54, 1.807) is 0 Å². The van der Waals surface area contributed by atoms with Crippen molar-refractivity contribution in [3.8, 4) is 0 Å². The molecular formula is C18H29NO2. The van der Waals surface area contributed by atoms with Crippen LogP contribution in [0.1, 0.15) is 62.9 Å². The molecule has 0 saturated carbocycles. The molecule has 0 bridgehead atoms. The van der Waals surface area contributed by atoms with E-state index in [2.05, 4.69) is 19.2 Å². The minimum atomic E-state index is 0.0101. The lowest BCUT2D eigenvalue weighted by Gasteiger charge is -2.09. The van der Waals surface area contributed by atoms with E-state index >= 15 is 0 Å². The Morgan fingerprint density at radius 3 is 2.33 bits per heavy atom. The topological polar surface area (TPSA) is 38.3 Å². The number of ether oxygens (including phenoxy) is 1. The number of carbonyl (C=O) groups is 1. The maximum atomic E-state index is 12.0. The lowest BCUT2D eigenvalue weighted by atomic mass is 10.1. The van der Waals surface area contributed by atoms with Crippen molar-refractivity contribution in [3.63, 3.8) is 0 Å². The van der Waals surface area contributed by atoms with Gasteiger partial charge in [-0.2, -0.15) is 0 Å². The number of rotatable bonds is 9. The Kier molecular flexibility index (Phi) is 8.06. The molecule has 0 atom stereocenters. The van der Waals surface area contributed by atoms with Gasteiger partial charge in [-0.05, 0) is 43.9 Å². The highest BCUT2D eigenvalue weighted by atomic mass is 16.5. The first-order valence-corrected chi connectivity index (χ1v) is 7.97. The average molecular weight is 291 g/mol. The summed E-state index contributed by atoms with van der Waals surface area (Å²) in [5.41, 5.74) is 1.81. The van der Waals surface area contributed by atoms with E-state index in [0.717, 1.165) is 24.4 Å². The van der Waals surface area contributed by atoms with Crippen molar-refractivity contribution in [3.05, 3.63) is 35.4 Å². The van der Waals surface area contributed by atoms with Gasteiger partial charge in [0.15, 0.2) is 0 Å². The first-order valence-electron chi connectivity index (χ1n) is 7.97. The summed E-state index contributed by atoms with van der Waals surface area (Å²) in [5.74, 6) is 0.747. The van der Waals surface area contributed by atoms with Crippen molar-refractivity contribution in [1.82, 2.24) is 5.32 Å². The van der Waals surface area contributed by atoms with Crippen molar-refractivity contribution >= 4 is 5.91 Å². The molecule has 1 rings (SSSR count). The van der Waals surface area contributed by atoms with Crippen molar-refractivity contribution in [2.45, 2.75) is 59.7 Å². The maximum absolute atomic E-state index is 12.0. The Labute approximate surface area is 129 Å². The predicted molar refractivity (Wildman–Crippen MR) is 87.4 cm³/mol. The van der Waals surface area contributed by atoms with Crippen LogP contribution in [-0.2, 0) is 11.3 Å². The summed E-state index contributed by atoms with van der Waals surface area (Å²) in [6, 6.07) is 7.64. The molecule has 0 aromatic heterocycles. The smallest absolute Gasteiger partial charge is 0.251 e. The van der Waals surface area contributed by atoms with Crippen molar-refractivity contribution in [2.24, 2.45) is 5.92 Å². The van der Waals surface area contributed by atoms with Crippen LogP contribution >= 0.6 is 0 Å². The van der Waals surface area contributed by atoms with E-state index in [1.807, 2.05) is 38.1 Å². The van der Waals surface area contributed by atoms with Crippen molar-refractivity contribution in [2.75, 3.05) is 6.54 Å². The molecule has 1 aromatic rings. The van der Waals surface area contributed by atoms with Gasteiger partial charge in [-0.1, -0.05) is 38.8 Å². The first kappa shape index (κ1) is 17.7. The molecule has 0 aliphatic rings. The number of nitrogens with one attached hydrogen (secondary N) is 1. The normalized spacial score (nSPS) is 11.1. The van der Waals surface area contributed by atoms with Gasteiger partial charge in [0.25, 0.3) is 5.91 Å². The van der Waals surface area contributed by atoms with E-state index in [-0.39, 0.29) is 12.0 Å². The summed E-state index contributed by atoms with van der Waals surface area (Å²) in [5, 5.41) is 2.97. The lowest BCUT2D eigenvalue weighted by molar-refractivity contribution is 0.0657. The average Bonchev–Trinajstić information content (AvgIpc) is 2.44. The highest BCUT2D eigenvalue weighted by Crippen LogP contribution is 2.08. The standard InChI is InChI=1S/C18H29NO2/c1-14(2)7-5-6-12-19-18(20)17-10-8-16(9-11-17)13-21-15(3)4/h8-11,14-15H,5-7,12-13H2,1-4H3,(H,19,20). The van der Waals surface area contributed by atoms with Crippen LogP contribution in [0.5, 0.6) is 0 Å². The molecule has 1 amide bonds. The molecule has 118 valence electrons. The molecule has 0 heterocycles. The van der Waals surface area contributed by atoms with Gasteiger partial charge in [-0.15, -0.1) is 0 Å². The highest BCUT2D eigenvalue weighted by molar-refractivity contribution is 5.94. The third-order valence-electron chi connectivity index (χ3n) is 3.29. The van der Waals surface area contributed by atoms with E-state index in [4.69, 9.17) is 4.74 Å². The van der Waals surface area contributed by atoms with Gasteiger partial charge in [0, 0.05) is 12.1 Å². The number of hydrogen-bond acceptors (Lipinski definition) is 2. The van der Waals surface area contributed by atoms with Crippen LogP contribution in [0, 0.1) is 5.92 Å². The highest BCUT2D eigenvalue weighted by Gasteiger charge is 2.05. The monoisotopic (exact) mass is 291 g/mol. The van der Waals surface area contributed by atoms with Crippen LogP contribution < -0.4 is 5.32 Å². The zero-order chi connectivity index (χ0) is 15.7. The van der Waals surface area contributed by atoms with Gasteiger partial charge in [0.05, 0.1) is 12.7 Å². The van der Waals surface area contributed by atoms with E-state index < -0.39 is 0 Å². The second-order valence-electron chi connectivity index (χ2n) is 6.20. The second-order valence-corrected chi connectivity index (χ2v) is 6.20. The molecule has 21 heavy (non-hydrogen) atoms. The Hall–Kier alpha value is -1.35. The molecular weight excluding hydrogens is 262 g/mol. The SMILES string of the molecule is CC(C)CCCCNC(=O)c1ccc(COC(C)C)cc1. The van der Waals surface area contributed by atoms with E-state index in [1.165, 1.54) is 12.8 Å². The van der Waals surface area contributed by atoms with Crippen LogP contribution in [0.15, 0.2) is 24.3 Å². The quantitative estimate of drug-likeness (QED) is 0.694. The molecule has 0 aliphatic carbocycles. The Morgan fingerprint density at radius 2 is 1.76 bits per heavy atom. The van der Waals surface area contributed by atoms with Gasteiger partial charge < -0.3 is 10.1 Å². The lowest BCUT2D eigenvalue weighted by Crippen LogP contribution is -2.24. The molecule has 1 aromatic carbocycles. The van der Waals surface area contributed by atoms with Crippen LogP contribution in [-0.4, -0.2) is 18.6 Å². The summed E-state index contributed by atoms with van der Waals surface area (Å²) < 4.78 is 5.54. The molecule has 0 aliphatic heterocycles. The summed E-state index contributed by atoms with van der Waals surface area (Å²) in [6.45, 7) is 9.83. The number of unbranched alkanes of at least 4 members (excludes halogenated alkanes) is 1. The van der Waals surface area contributed by atoms with Gasteiger partial charge >= 0.3 is 0 Å². The third-order valence-corrected chi connectivity index (χ3v) is 3.29. The van der Waals surface area contributed by atoms with Crippen molar-refractivity contribution in [1.29, 1.82) is 0 Å². The predicted octanol–water partition coefficient (Wildman–Crippen LogP) is 4.17. The molecule has 0 saturated heterocycles. The fourth-order valence-electron chi connectivity index (χ4n) is 2.00. The molecule has 0 fully saturated rings. The summed E-state index contributed by atoms with van der Waals surface area (Å²) >= 11 is 0. The number of carbonyl (C=O) groups excluding carboxylic acids is 1. The van der Waals surface area contributed by atoms with Gasteiger partial charge in [-0.25, -0.2) is 0 Å². The van der Waals surface area contributed by atoms with Gasteiger partial charge in [0.1, 0.15) is 0 Å². The van der Waals surface area contributed by atoms with Crippen LogP contribution in [0.3, 0.4) is 0 Å². The minimum absolute atomic E-state index is 0.0101. The number of hydrogen-bond donors (Lipinski definition) is 1. The fourth-order valence-corrected chi connectivity index (χ4v) is 2.00. The van der Waals surface area contributed by atoms with Gasteiger partial charge in [0.2, 0.25) is 0 Å². The van der Waals surface area contributed by atoms with Gasteiger partial charge in [-0.3, -0.25) is 4.79 Å². The zero-order valence-electron chi connectivity index (χ0n) is 13.8. The summed E-state index contributed by atoms with van der Waals surface area (Å²) in [7, 11) is 0. The van der Waals surface area contributed by atoms with Crippen LogP contribution in [0.4, 0.5) is 0 Å². The van der Waals surface area contributed by atoms with Crippen LogP contribution in [0.2, 0.25) is 0 Å². The molecule has 0 spiro atoms. The minimum Gasteiger partial charge on any atom is -0.374 e. The first-order chi connectivity index (χ1) is 9.99. The summed E-state index contributed by atoms with van der Waals surface area (Å²) in [6.07, 6.45) is 3.66. The fraction of sp³-hybridized carbons (Fsp3) is 0.611. The van der Waals surface area contributed by atoms with E-state index in [0.29, 0.717) is 12.2 Å². The Morgan fingerprint density at radius 1 is 1.10 bits per heavy atom. The van der Waals surface area contributed by atoms with E-state index in [9.17, 15) is 4.79 Å². The van der Waals surface area contributed by atoms with Crippen LogP contribution in [0.25, 0.3) is 0 Å². The molecule has 0 unspecified atom stereocenters. The number of amides is 1. The maximum Gasteiger partial charge on any atom is 0.251 e.